The number of carbonyl (C=O) groups excluding carboxylic acids is 1. The zero-order valence-corrected chi connectivity index (χ0v) is 19.1. The first-order chi connectivity index (χ1) is 16.0. The molecule has 1 aliphatic heterocycles. The number of nitrogens with two attached hydrogens (primary N) is 1. The number of piperidine rings is 1. The van der Waals surface area contributed by atoms with Crippen LogP contribution in [0.5, 0.6) is 5.75 Å². The van der Waals surface area contributed by atoms with Gasteiger partial charge in [0.2, 0.25) is 11.9 Å². The Bertz CT molecular complexity index is 1100. The molecular weight excluding hydrogens is 416 g/mol. The fourth-order valence-electron chi connectivity index (χ4n) is 3.95. The summed E-state index contributed by atoms with van der Waals surface area (Å²) in [5.74, 6) is 2.16. The van der Waals surface area contributed by atoms with E-state index in [1.54, 1.807) is 18.5 Å². The summed E-state index contributed by atoms with van der Waals surface area (Å²) in [5, 5.41) is 3.10. The molecule has 0 radical (unpaired) electrons. The van der Waals surface area contributed by atoms with Crippen LogP contribution in [0, 0.1) is 5.92 Å². The highest BCUT2D eigenvalue weighted by Gasteiger charge is 2.27. The van der Waals surface area contributed by atoms with Gasteiger partial charge >= 0.3 is 0 Å². The van der Waals surface area contributed by atoms with E-state index in [2.05, 4.69) is 51.1 Å². The van der Waals surface area contributed by atoms with Crippen LogP contribution in [-0.4, -0.2) is 33.9 Å². The number of aromatic nitrogens is 3. The number of carbonyl (C=O) groups is 1. The largest absolute Gasteiger partial charge is 0.483 e. The Hall–Kier alpha value is -3.68. The van der Waals surface area contributed by atoms with Gasteiger partial charge in [0.05, 0.1) is 5.69 Å². The lowest BCUT2D eigenvalue weighted by Crippen LogP contribution is -2.38. The summed E-state index contributed by atoms with van der Waals surface area (Å²) in [4.78, 5) is 27.6. The molecule has 33 heavy (non-hydrogen) atoms. The van der Waals surface area contributed by atoms with Crippen molar-refractivity contribution in [3.05, 3.63) is 66.1 Å². The van der Waals surface area contributed by atoms with Crippen LogP contribution in [0.2, 0.25) is 0 Å². The highest BCUT2D eigenvalue weighted by molar-refractivity contribution is 5.92. The molecule has 1 aliphatic rings. The van der Waals surface area contributed by atoms with E-state index >= 15 is 0 Å². The van der Waals surface area contributed by atoms with E-state index in [4.69, 9.17) is 10.5 Å². The number of amides is 1. The summed E-state index contributed by atoms with van der Waals surface area (Å²) >= 11 is 0. The van der Waals surface area contributed by atoms with E-state index in [9.17, 15) is 4.79 Å². The molecule has 0 bridgehead atoms. The van der Waals surface area contributed by atoms with Crippen LogP contribution in [0.15, 0.2) is 54.9 Å². The van der Waals surface area contributed by atoms with Crippen molar-refractivity contribution in [1.29, 1.82) is 0 Å². The Morgan fingerprint density at radius 2 is 1.97 bits per heavy atom. The molecular formula is C25H30N6O2. The van der Waals surface area contributed by atoms with Gasteiger partial charge < -0.3 is 20.7 Å². The maximum Gasteiger partial charge on any atom is 0.227 e. The summed E-state index contributed by atoms with van der Waals surface area (Å²) in [6, 6.07) is 13.6. The SMILES string of the molecule is CC(C)c1cccc(NC(=O)C2CCN(c3ncccc3OCc3ccnc(N)n3)CC2)c1. The number of benzene rings is 1. The number of ether oxygens (including phenoxy) is 1. The van der Waals surface area contributed by atoms with E-state index in [1.807, 2.05) is 24.3 Å². The predicted molar refractivity (Wildman–Crippen MR) is 129 cm³/mol. The maximum atomic E-state index is 12.9. The predicted octanol–water partition coefficient (Wildman–Crippen LogP) is 4.01. The summed E-state index contributed by atoms with van der Waals surface area (Å²) in [7, 11) is 0. The van der Waals surface area contributed by atoms with E-state index < -0.39 is 0 Å². The van der Waals surface area contributed by atoms with Crippen LogP contribution in [0.1, 0.15) is 43.9 Å². The zero-order valence-electron chi connectivity index (χ0n) is 19.1. The molecule has 1 aromatic carbocycles. The third-order valence-electron chi connectivity index (χ3n) is 5.84. The maximum absolute atomic E-state index is 12.9. The highest BCUT2D eigenvalue weighted by atomic mass is 16.5. The van der Waals surface area contributed by atoms with Crippen molar-refractivity contribution in [2.45, 2.75) is 39.2 Å². The number of rotatable bonds is 7. The first-order valence-electron chi connectivity index (χ1n) is 11.3. The van der Waals surface area contributed by atoms with E-state index in [-0.39, 0.29) is 24.4 Å². The van der Waals surface area contributed by atoms with Gasteiger partial charge in [-0.05, 0) is 54.7 Å². The van der Waals surface area contributed by atoms with Gasteiger partial charge in [0.25, 0.3) is 0 Å². The molecule has 1 amide bonds. The molecule has 3 aromatic rings. The normalized spacial score (nSPS) is 14.3. The van der Waals surface area contributed by atoms with E-state index in [0.717, 1.165) is 37.4 Å². The third kappa shape index (κ3) is 5.77. The van der Waals surface area contributed by atoms with Crippen molar-refractivity contribution in [1.82, 2.24) is 15.0 Å². The van der Waals surface area contributed by atoms with Gasteiger partial charge in [-0.3, -0.25) is 4.79 Å². The van der Waals surface area contributed by atoms with Gasteiger partial charge in [-0.2, -0.15) is 0 Å². The molecule has 0 saturated carbocycles. The number of nitrogens with one attached hydrogen (secondary N) is 1. The Labute approximate surface area is 194 Å². The quantitative estimate of drug-likeness (QED) is 0.565. The molecule has 0 aliphatic carbocycles. The van der Waals surface area contributed by atoms with Crippen LogP contribution in [0.25, 0.3) is 0 Å². The van der Waals surface area contributed by atoms with Crippen LogP contribution >= 0.6 is 0 Å². The molecule has 0 unspecified atom stereocenters. The van der Waals surface area contributed by atoms with E-state index in [0.29, 0.717) is 17.4 Å². The first-order valence-corrected chi connectivity index (χ1v) is 11.3. The van der Waals surface area contributed by atoms with Crippen LogP contribution in [-0.2, 0) is 11.4 Å². The fraction of sp³-hybridized carbons (Fsp3) is 0.360. The average Bonchev–Trinajstić information content (AvgIpc) is 2.83. The average molecular weight is 447 g/mol. The molecule has 2 aromatic heterocycles. The number of nitrogens with zero attached hydrogens (tertiary/aromatic N) is 4. The second-order valence-electron chi connectivity index (χ2n) is 8.55. The lowest BCUT2D eigenvalue weighted by molar-refractivity contribution is -0.120. The second-order valence-corrected chi connectivity index (χ2v) is 8.55. The van der Waals surface area contributed by atoms with Crippen LogP contribution in [0.3, 0.4) is 0 Å². The lowest BCUT2D eigenvalue weighted by atomic mass is 9.95. The minimum Gasteiger partial charge on any atom is -0.483 e. The summed E-state index contributed by atoms with van der Waals surface area (Å²) < 4.78 is 5.99. The summed E-state index contributed by atoms with van der Waals surface area (Å²) in [5.41, 5.74) is 8.43. The van der Waals surface area contributed by atoms with E-state index in [1.165, 1.54) is 5.56 Å². The minimum absolute atomic E-state index is 0.0268. The molecule has 0 atom stereocenters. The topological polar surface area (TPSA) is 106 Å². The molecule has 1 saturated heterocycles. The molecule has 3 heterocycles. The second kappa shape index (κ2) is 10.3. The number of nitrogen functional groups attached to an aromatic ring is 1. The Morgan fingerprint density at radius 1 is 1.15 bits per heavy atom. The van der Waals surface area contributed by atoms with Crippen molar-refractivity contribution >= 4 is 23.4 Å². The Morgan fingerprint density at radius 3 is 2.73 bits per heavy atom. The number of anilines is 3. The molecule has 0 spiro atoms. The molecule has 8 nitrogen and oxygen atoms in total. The molecule has 1 fully saturated rings. The third-order valence-corrected chi connectivity index (χ3v) is 5.84. The molecule has 172 valence electrons. The van der Waals surface area contributed by atoms with Gasteiger partial charge in [0.15, 0.2) is 11.6 Å². The lowest BCUT2D eigenvalue weighted by Gasteiger charge is -2.33. The van der Waals surface area contributed by atoms with Crippen molar-refractivity contribution in [2.24, 2.45) is 5.92 Å². The number of hydrogen-bond donors (Lipinski definition) is 2. The van der Waals surface area contributed by atoms with Gasteiger partial charge in [-0.15, -0.1) is 0 Å². The first kappa shape index (κ1) is 22.5. The van der Waals surface area contributed by atoms with Crippen molar-refractivity contribution in [3.63, 3.8) is 0 Å². The minimum atomic E-state index is -0.0268. The molecule has 3 N–H and O–H groups in total. The van der Waals surface area contributed by atoms with Crippen molar-refractivity contribution in [3.8, 4) is 5.75 Å². The van der Waals surface area contributed by atoms with Crippen molar-refractivity contribution < 1.29 is 9.53 Å². The van der Waals surface area contributed by atoms with Crippen molar-refractivity contribution in [2.75, 3.05) is 29.0 Å². The number of pyridine rings is 1. The summed E-state index contributed by atoms with van der Waals surface area (Å²) in [6.07, 6.45) is 4.88. The monoisotopic (exact) mass is 446 g/mol. The van der Waals surface area contributed by atoms with Crippen LogP contribution in [0.4, 0.5) is 17.5 Å². The van der Waals surface area contributed by atoms with Crippen LogP contribution < -0.4 is 20.7 Å². The zero-order chi connectivity index (χ0) is 23.2. The van der Waals surface area contributed by atoms with Gasteiger partial charge in [0, 0.05) is 37.1 Å². The van der Waals surface area contributed by atoms with Gasteiger partial charge in [-0.1, -0.05) is 26.0 Å². The fourth-order valence-corrected chi connectivity index (χ4v) is 3.95. The summed E-state index contributed by atoms with van der Waals surface area (Å²) in [6.45, 7) is 6.04. The Kier molecular flexibility index (Phi) is 7.02. The molecule has 8 heteroatoms. The van der Waals surface area contributed by atoms with Gasteiger partial charge in [0.1, 0.15) is 6.61 Å². The smallest absolute Gasteiger partial charge is 0.227 e. The standard InChI is InChI=1S/C25H30N6O2/c1-17(2)19-5-3-6-20(15-19)29-24(32)18-9-13-31(14-10-18)23-22(7-4-11-27-23)33-16-21-8-12-28-25(26)30-21/h3-8,11-12,15,17-18H,9-10,13-14,16H2,1-2H3,(H,29,32)(H2,26,28,30). The molecule has 4 rings (SSSR count). The highest BCUT2D eigenvalue weighted by Crippen LogP contribution is 2.30. The van der Waals surface area contributed by atoms with Gasteiger partial charge in [-0.25, -0.2) is 15.0 Å². The number of hydrogen-bond acceptors (Lipinski definition) is 7. The Balaban J connectivity index is 1.35.